The maximum absolute atomic E-state index is 12.1. The van der Waals surface area contributed by atoms with Crippen molar-refractivity contribution >= 4 is 0 Å². The van der Waals surface area contributed by atoms with Crippen LogP contribution in [-0.4, -0.2) is 6.61 Å². The molecule has 0 saturated heterocycles. The lowest BCUT2D eigenvalue weighted by molar-refractivity contribution is -0.0498. The second-order valence-corrected chi connectivity index (χ2v) is 3.81. The summed E-state index contributed by atoms with van der Waals surface area (Å²) in [6.07, 6.45) is 0. The van der Waals surface area contributed by atoms with Crippen LogP contribution in [0.4, 0.5) is 8.78 Å². The summed E-state index contributed by atoms with van der Waals surface area (Å²) in [5.74, 6) is 0.153. The summed E-state index contributed by atoms with van der Waals surface area (Å²) >= 11 is 0. The van der Waals surface area contributed by atoms with E-state index >= 15 is 0 Å². The monoisotopic (exact) mass is 249 g/mol. The van der Waals surface area contributed by atoms with Crippen molar-refractivity contribution in [3.63, 3.8) is 0 Å². The number of alkyl halides is 2. The van der Waals surface area contributed by atoms with Crippen LogP contribution in [-0.2, 0) is 6.54 Å². The van der Waals surface area contributed by atoms with Gasteiger partial charge in [0.2, 0.25) is 0 Å². The molecule has 94 valence electrons. The topological polar surface area (TPSA) is 35.2 Å². The highest BCUT2D eigenvalue weighted by molar-refractivity contribution is 5.65. The van der Waals surface area contributed by atoms with E-state index in [-0.39, 0.29) is 5.75 Å². The summed E-state index contributed by atoms with van der Waals surface area (Å²) in [5.41, 5.74) is 8.31. The van der Waals surface area contributed by atoms with Gasteiger partial charge in [-0.15, -0.1) is 0 Å². The molecule has 0 unspecified atom stereocenters. The molecule has 0 atom stereocenters. The van der Waals surface area contributed by atoms with Crippen LogP contribution in [0.1, 0.15) is 5.56 Å². The van der Waals surface area contributed by atoms with Crippen LogP contribution in [0.15, 0.2) is 48.5 Å². The van der Waals surface area contributed by atoms with E-state index in [1.807, 2.05) is 30.3 Å². The number of nitrogens with two attached hydrogens (primary N) is 1. The minimum Gasteiger partial charge on any atom is -0.435 e. The Morgan fingerprint density at radius 2 is 1.67 bits per heavy atom. The maximum Gasteiger partial charge on any atom is 0.387 e. The van der Waals surface area contributed by atoms with Crippen molar-refractivity contribution in [1.82, 2.24) is 0 Å². The van der Waals surface area contributed by atoms with Crippen LogP contribution in [0.2, 0.25) is 0 Å². The number of benzene rings is 2. The molecule has 0 aliphatic heterocycles. The SMILES string of the molecule is NCc1cccc(-c2cccc(OC(F)F)c2)c1. The Kier molecular flexibility index (Phi) is 3.89. The van der Waals surface area contributed by atoms with E-state index in [4.69, 9.17) is 5.73 Å². The highest BCUT2D eigenvalue weighted by Gasteiger charge is 2.05. The Morgan fingerprint density at radius 1 is 1.00 bits per heavy atom. The molecule has 2 N–H and O–H groups in total. The van der Waals surface area contributed by atoms with Crippen LogP contribution in [0.3, 0.4) is 0 Å². The van der Waals surface area contributed by atoms with Gasteiger partial charge in [-0.25, -0.2) is 0 Å². The van der Waals surface area contributed by atoms with E-state index in [1.165, 1.54) is 6.07 Å². The van der Waals surface area contributed by atoms with E-state index in [1.54, 1.807) is 12.1 Å². The lowest BCUT2D eigenvalue weighted by Gasteiger charge is -2.08. The van der Waals surface area contributed by atoms with Gasteiger partial charge in [0.05, 0.1) is 0 Å². The fourth-order valence-corrected chi connectivity index (χ4v) is 1.73. The van der Waals surface area contributed by atoms with Crippen molar-refractivity contribution in [3.8, 4) is 16.9 Å². The van der Waals surface area contributed by atoms with Crippen molar-refractivity contribution in [2.75, 3.05) is 0 Å². The van der Waals surface area contributed by atoms with Crippen molar-refractivity contribution in [2.45, 2.75) is 13.2 Å². The third-order valence-electron chi connectivity index (χ3n) is 2.56. The fourth-order valence-electron chi connectivity index (χ4n) is 1.73. The molecule has 0 aliphatic carbocycles. The van der Waals surface area contributed by atoms with Crippen LogP contribution < -0.4 is 10.5 Å². The molecule has 0 spiro atoms. The first kappa shape index (κ1) is 12.5. The zero-order valence-corrected chi connectivity index (χ0v) is 9.64. The first-order valence-electron chi connectivity index (χ1n) is 5.53. The Labute approximate surface area is 104 Å². The highest BCUT2D eigenvalue weighted by Crippen LogP contribution is 2.25. The lowest BCUT2D eigenvalue weighted by atomic mass is 10.0. The molecule has 0 amide bonds. The standard InChI is InChI=1S/C14H13F2NO/c15-14(16)18-13-6-2-5-12(8-13)11-4-1-3-10(7-11)9-17/h1-8,14H,9,17H2. The molecule has 0 saturated carbocycles. The van der Waals surface area contributed by atoms with Gasteiger partial charge in [-0.3, -0.25) is 0 Å². The normalized spacial score (nSPS) is 10.7. The molecule has 18 heavy (non-hydrogen) atoms. The average Bonchev–Trinajstić information content (AvgIpc) is 2.38. The zero-order chi connectivity index (χ0) is 13.0. The van der Waals surface area contributed by atoms with Crippen LogP contribution in [0, 0.1) is 0 Å². The molecule has 4 heteroatoms. The van der Waals surface area contributed by atoms with Gasteiger partial charge in [0, 0.05) is 6.54 Å². The summed E-state index contributed by atoms with van der Waals surface area (Å²) in [6.45, 7) is -2.36. The minimum atomic E-state index is -2.81. The number of hydrogen-bond donors (Lipinski definition) is 1. The summed E-state index contributed by atoms with van der Waals surface area (Å²) in [5, 5.41) is 0. The molecular formula is C14H13F2NO. The van der Waals surface area contributed by atoms with Gasteiger partial charge in [0.25, 0.3) is 0 Å². The molecule has 0 fully saturated rings. The Morgan fingerprint density at radius 3 is 2.33 bits per heavy atom. The minimum absolute atomic E-state index is 0.153. The van der Waals surface area contributed by atoms with E-state index in [0.29, 0.717) is 6.54 Å². The molecule has 2 nitrogen and oxygen atoms in total. The third-order valence-corrected chi connectivity index (χ3v) is 2.56. The molecule has 0 aromatic heterocycles. The van der Waals surface area contributed by atoms with Gasteiger partial charge in [-0.1, -0.05) is 30.3 Å². The molecule has 2 aromatic rings. The number of halogens is 2. The van der Waals surface area contributed by atoms with E-state index in [0.717, 1.165) is 16.7 Å². The molecule has 2 rings (SSSR count). The van der Waals surface area contributed by atoms with Crippen molar-refractivity contribution in [2.24, 2.45) is 5.73 Å². The molecule has 0 radical (unpaired) electrons. The molecular weight excluding hydrogens is 236 g/mol. The fraction of sp³-hybridized carbons (Fsp3) is 0.143. The van der Waals surface area contributed by atoms with Crippen LogP contribution in [0.25, 0.3) is 11.1 Å². The van der Waals surface area contributed by atoms with E-state index in [2.05, 4.69) is 4.74 Å². The number of rotatable bonds is 4. The van der Waals surface area contributed by atoms with Gasteiger partial charge < -0.3 is 10.5 Å². The smallest absolute Gasteiger partial charge is 0.387 e. The Hall–Kier alpha value is -1.94. The van der Waals surface area contributed by atoms with Crippen molar-refractivity contribution in [1.29, 1.82) is 0 Å². The summed E-state index contributed by atoms with van der Waals surface area (Å²) < 4.78 is 28.6. The van der Waals surface area contributed by atoms with Gasteiger partial charge >= 0.3 is 6.61 Å². The third kappa shape index (κ3) is 3.05. The van der Waals surface area contributed by atoms with Gasteiger partial charge in [0.1, 0.15) is 5.75 Å². The maximum atomic E-state index is 12.1. The molecule has 0 heterocycles. The second-order valence-electron chi connectivity index (χ2n) is 3.81. The highest BCUT2D eigenvalue weighted by atomic mass is 19.3. The van der Waals surface area contributed by atoms with Crippen LogP contribution in [0.5, 0.6) is 5.75 Å². The van der Waals surface area contributed by atoms with Gasteiger partial charge in [-0.05, 0) is 34.9 Å². The number of hydrogen-bond acceptors (Lipinski definition) is 2. The quantitative estimate of drug-likeness (QED) is 0.901. The van der Waals surface area contributed by atoms with E-state index < -0.39 is 6.61 Å². The summed E-state index contributed by atoms with van der Waals surface area (Å²) in [4.78, 5) is 0. The average molecular weight is 249 g/mol. The Balaban J connectivity index is 2.32. The predicted octanol–water partition coefficient (Wildman–Crippen LogP) is 3.41. The first-order valence-corrected chi connectivity index (χ1v) is 5.53. The Bertz CT molecular complexity index is 529. The first-order chi connectivity index (χ1) is 8.69. The zero-order valence-electron chi connectivity index (χ0n) is 9.64. The van der Waals surface area contributed by atoms with E-state index in [9.17, 15) is 8.78 Å². The van der Waals surface area contributed by atoms with Gasteiger partial charge in [-0.2, -0.15) is 8.78 Å². The summed E-state index contributed by atoms with van der Waals surface area (Å²) in [6, 6.07) is 14.3. The lowest BCUT2D eigenvalue weighted by Crippen LogP contribution is -2.01. The van der Waals surface area contributed by atoms with Crippen LogP contribution >= 0.6 is 0 Å². The molecule has 2 aromatic carbocycles. The predicted molar refractivity (Wildman–Crippen MR) is 66.4 cm³/mol. The second kappa shape index (κ2) is 5.60. The number of ether oxygens (including phenoxy) is 1. The largest absolute Gasteiger partial charge is 0.435 e. The summed E-state index contributed by atoms with van der Waals surface area (Å²) in [7, 11) is 0. The van der Waals surface area contributed by atoms with Crippen molar-refractivity contribution in [3.05, 3.63) is 54.1 Å². The molecule has 0 bridgehead atoms. The van der Waals surface area contributed by atoms with Gasteiger partial charge in [0.15, 0.2) is 0 Å². The van der Waals surface area contributed by atoms with Crippen molar-refractivity contribution < 1.29 is 13.5 Å². The molecule has 0 aliphatic rings.